The van der Waals surface area contributed by atoms with E-state index in [1.807, 2.05) is 0 Å². The van der Waals surface area contributed by atoms with Gasteiger partial charge in [-0.15, -0.1) is 0 Å². The third-order valence-corrected chi connectivity index (χ3v) is 6.16. The molecule has 44 heavy (non-hydrogen) atoms. The maximum atomic E-state index is 12.6. The van der Waals surface area contributed by atoms with Crippen molar-refractivity contribution >= 4 is 34.7 Å². The molecule has 5 aromatic carbocycles. The number of azo groups is 2. The minimum absolute atomic E-state index is 0.274. The molecule has 10 nitrogen and oxygen atoms in total. The summed E-state index contributed by atoms with van der Waals surface area (Å²) in [4.78, 5) is 25.3. The topological polar surface area (TPSA) is 121 Å². The van der Waals surface area contributed by atoms with Crippen molar-refractivity contribution in [1.82, 2.24) is 0 Å². The molecule has 5 aromatic rings. The van der Waals surface area contributed by atoms with E-state index < -0.39 is 11.9 Å². The molecule has 0 aliphatic rings. The fourth-order valence-corrected chi connectivity index (χ4v) is 3.76. The number of methoxy groups -OCH3 is 2. The van der Waals surface area contributed by atoms with Gasteiger partial charge in [-0.3, -0.25) is 0 Å². The van der Waals surface area contributed by atoms with Gasteiger partial charge in [-0.25, -0.2) is 9.59 Å². The Hall–Kier alpha value is -6.16. The molecule has 0 bridgehead atoms. The van der Waals surface area contributed by atoms with Crippen LogP contribution < -0.4 is 18.9 Å². The first-order valence-electron chi connectivity index (χ1n) is 13.4. The molecule has 0 spiro atoms. The maximum absolute atomic E-state index is 12.6. The van der Waals surface area contributed by atoms with E-state index in [1.165, 1.54) is 24.3 Å². The molecule has 0 radical (unpaired) electrons. The number of ether oxygens (including phenoxy) is 4. The smallest absolute Gasteiger partial charge is 0.343 e. The Labute approximate surface area is 253 Å². The van der Waals surface area contributed by atoms with E-state index in [0.717, 1.165) is 11.5 Å². The number of carbonyl (C=O) groups excluding carboxylic acids is 2. The number of carbonyl (C=O) groups is 2. The number of hydrogen-bond acceptors (Lipinski definition) is 10. The second-order valence-electron chi connectivity index (χ2n) is 9.14. The van der Waals surface area contributed by atoms with Crippen LogP contribution in [0.25, 0.3) is 0 Å². The van der Waals surface area contributed by atoms with Gasteiger partial charge >= 0.3 is 11.9 Å². The van der Waals surface area contributed by atoms with Crippen molar-refractivity contribution in [1.29, 1.82) is 0 Å². The molecular weight excluding hydrogens is 560 g/mol. The van der Waals surface area contributed by atoms with Crippen LogP contribution in [0, 0.1) is 0 Å². The van der Waals surface area contributed by atoms with Crippen molar-refractivity contribution in [3.8, 4) is 23.0 Å². The third kappa shape index (κ3) is 7.98. The molecule has 5 rings (SSSR count). The molecule has 0 saturated heterocycles. The maximum Gasteiger partial charge on any atom is 0.343 e. The quantitative estimate of drug-likeness (QED) is 0.0915. The predicted molar refractivity (Wildman–Crippen MR) is 164 cm³/mol. The van der Waals surface area contributed by atoms with Gasteiger partial charge in [-0.05, 0) is 121 Å². The molecule has 10 heteroatoms. The third-order valence-electron chi connectivity index (χ3n) is 6.16. The highest BCUT2D eigenvalue weighted by molar-refractivity contribution is 5.95. The summed E-state index contributed by atoms with van der Waals surface area (Å²) in [6.45, 7) is 0. The molecule has 218 valence electrons. The van der Waals surface area contributed by atoms with Gasteiger partial charge in [0.1, 0.15) is 23.0 Å². The highest BCUT2D eigenvalue weighted by Crippen LogP contribution is 2.25. The van der Waals surface area contributed by atoms with Gasteiger partial charge in [0.05, 0.1) is 48.1 Å². The van der Waals surface area contributed by atoms with Crippen molar-refractivity contribution < 1.29 is 28.5 Å². The standard InChI is InChI=1S/C34H26N4O6/c1-41-29-15-7-25(8-16-29)35-37-27-11-19-31(20-12-27)43-33(39)23-3-5-24(6-4-23)34(40)44-32-21-13-28(14-22-32)38-36-26-9-17-30(42-2)18-10-26/h3-22H,1-2H3/b37-35+,38-36+. The van der Waals surface area contributed by atoms with Crippen LogP contribution in [0.1, 0.15) is 20.7 Å². The van der Waals surface area contributed by atoms with Crippen molar-refractivity contribution in [2.24, 2.45) is 20.5 Å². The molecule has 0 aliphatic heterocycles. The Balaban J connectivity index is 1.12. The van der Waals surface area contributed by atoms with Gasteiger partial charge < -0.3 is 18.9 Å². The lowest BCUT2D eigenvalue weighted by Crippen LogP contribution is -2.11. The van der Waals surface area contributed by atoms with Crippen LogP contribution in [0.3, 0.4) is 0 Å². The summed E-state index contributed by atoms with van der Waals surface area (Å²) in [6, 6.07) is 33.6. The van der Waals surface area contributed by atoms with Crippen LogP contribution in [0.2, 0.25) is 0 Å². The molecule has 0 aliphatic carbocycles. The summed E-state index contributed by atoms with van der Waals surface area (Å²) >= 11 is 0. The van der Waals surface area contributed by atoms with Crippen molar-refractivity contribution in [2.45, 2.75) is 0 Å². The van der Waals surface area contributed by atoms with Crippen LogP contribution in [0.15, 0.2) is 142 Å². The Morgan fingerprint density at radius 1 is 0.386 bits per heavy atom. The molecule has 0 N–H and O–H groups in total. The molecule has 0 saturated carbocycles. The van der Waals surface area contributed by atoms with Crippen LogP contribution in [0.4, 0.5) is 22.7 Å². The zero-order chi connectivity index (χ0) is 30.7. The van der Waals surface area contributed by atoms with Crippen molar-refractivity contribution in [2.75, 3.05) is 14.2 Å². The monoisotopic (exact) mass is 586 g/mol. The van der Waals surface area contributed by atoms with E-state index in [2.05, 4.69) is 20.5 Å². The number of esters is 2. The first-order chi connectivity index (χ1) is 21.5. The van der Waals surface area contributed by atoms with E-state index in [1.54, 1.807) is 111 Å². The zero-order valence-electron chi connectivity index (χ0n) is 23.8. The predicted octanol–water partition coefficient (Wildman–Crippen LogP) is 8.97. The summed E-state index contributed by atoms with van der Waals surface area (Å²) in [7, 11) is 3.19. The fourth-order valence-electron chi connectivity index (χ4n) is 3.76. The Bertz CT molecular complexity index is 1630. The SMILES string of the molecule is COc1ccc(/N=N/c2ccc(OC(=O)c3ccc(C(=O)Oc4ccc(/N=N/c5ccc(OC)cc5)cc4)cc3)cc2)cc1. The normalized spacial score (nSPS) is 11.0. The largest absolute Gasteiger partial charge is 0.497 e. The highest BCUT2D eigenvalue weighted by atomic mass is 16.5. The van der Waals surface area contributed by atoms with Gasteiger partial charge in [0.25, 0.3) is 0 Å². The lowest BCUT2D eigenvalue weighted by atomic mass is 10.1. The molecule has 0 amide bonds. The van der Waals surface area contributed by atoms with Gasteiger partial charge in [-0.2, -0.15) is 20.5 Å². The minimum atomic E-state index is -0.572. The molecule has 0 aromatic heterocycles. The van der Waals surface area contributed by atoms with E-state index in [0.29, 0.717) is 34.2 Å². The summed E-state index contributed by atoms with van der Waals surface area (Å²) < 4.78 is 21.2. The van der Waals surface area contributed by atoms with E-state index in [9.17, 15) is 9.59 Å². The Kier molecular flexibility index (Phi) is 9.43. The summed E-state index contributed by atoms with van der Waals surface area (Å²) in [5, 5.41) is 16.7. The van der Waals surface area contributed by atoms with E-state index >= 15 is 0 Å². The van der Waals surface area contributed by atoms with Crippen LogP contribution in [-0.4, -0.2) is 26.2 Å². The van der Waals surface area contributed by atoms with E-state index in [-0.39, 0.29) is 11.1 Å². The van der Waals surface area contributed by atoms with Gasteiger partial charge in [0, 0.05) is 0 Å². The van der Waals surface area contributed by atoms with Crippen molar-refractivity contribution in [3.05, 3.63) is 132 Å². The Morgan fingerprint density at radius 3 is 0.886 bits per heavy atom. The molecule has 0 unspecified atom stereocenters. The lowest BCUT2D eigenvalue weighted by molar-refractivity contribution is 0.0720. The second kappa shape index (κ2) is 14.1. The van der Waals surface area contributed by atoms with E-state index in [4.69, 9.17) is 18.9 Å². The Morgan fingerprint density at radius 2 is 0.636 bits per heavy atom. The average molecular weight is 587 g/mol. The fraction of sp³-hybridized carbons (Fsp3) is 0.0588. The summed E-state index contributed by atoms with van der Waals surface area (Å²) in [6.07, 6.45) is 0. The van der Waals surface area contributed by atoms with Gasteiger partial charge in [-0.1, -0.05) is 0 Å². The second-order valence-corrected chi connectivity index (χ2v) is 9.14. The first kappa shape index (κ1) is 29.3. The number of nitrogens with zero attached hydrogens (tertiary/aromatic N) is 4. The lowest BCUT2D eigenvalue weighted by Gasteiger charge is -2.07. The highest BCUT2D eigenvalue weighted by Gasteiger charge is 2.13. The molecular formula is C34H26N4O6. The van der Waals surface area contributed by atoms with Crippen LogP contribution >= 0.6 is 0 Å². The average Bonchev–Trinajstić information content (AvgIpc) is 3.08. The number of benzene rings is 5. The molecule has 0 fully saturated rings. The van der Waals surface area contributed by atoms with Crippen LogP contribution in [-0.2, 0) is 0 Å². The summed E-state index contributed by atoms with van der Waals surface area (Å²) in [5.74, 6) is 1.01. The number of hydrogen-bond donors (Lipinski definition) is 0. The summed E-state index contributed by atoms with van der Waals surface area (Å²) in [5.41, 5.74) is 3.09. The molecule has 0 heterocycles. The first-order valence-corrected chi connectivity index (χ1v) is 13.4. The van der Waals surface area contributed by atoms with Gasteiger partial charge in [0.2, 0.25) is 0 Å². The zero-order valence-corrected chi connectivity index (χ0v) is 23.8. The van der Waals surface area contributed by atoms with Gasteiger partial charge in [0.15, 0.2) is 0 Å². The minimum Gasteiger partial charge on any atom is -0.497 e. The van der Waals surface area contributed by atoms with Crippen LogP contribution in [0.5, 0.6) is 23.0 Å². The molecule has 0 atom stereocenters. The number of rotatable bonds is 10. The van der Waals surface area contributed by atoms with Crippen molar-refractivity contribution in [3.63, 3.8) is 0 Å².